The molecular weight excluding hydrogens is 366 g/mol. The number of ether oxygens (including phenoxy) is 1. The standard InChI is InChI=1S/C23H15N3O3/c24-14-29-22-9-4-18(5-10-22)12-20-6-1-19(13-23(20)26-16-28)11-17-2-7-21(8-3-17)25-15-27/h1-10,13H,11-12H2. The number of carbonyl (C=O) groups excluding carboxylic acids is 2. The summed E-state index contributed by atoms with van der Waals surface area (Å²) in [5.41, 5.74) is 5.04. The van der Waals surface area contributed by atoms with Crippen LogP contribution in [0.4, 0.5) is 11.4 Å². The quantitative estimate of drug-likeness (QED) is 0.338. The van der Waals surface area contributed by atoms with Crippen LogP contribution in [0.5, 0.6) is 5.75 Å². The lowest BCUT2D eigenvalue weighted by Gasteiger charge is -2.09. The van der Waals surface area contributed by atoms with Crippen molar-refractivity contribution in [3.63, 3.8) is 0 Å². The van der Waals surface area contributed by atoms with Crippen LogP contribution in [0.3, 0.4) is 0 Å². The van der Waals surface area contributed by atoms with Gasteiger partial charge < -0.3 is 4.74 Å². The minimum Gasteiger partial charge on any atom is -0.388 e. The van der Waals surface area contributed by atoms with E-state index in [0.29, 0.717) is 30.0 Å². The summed E-state index contributed by atoms with van der Waals surface area (Å²) < 4.78 is 4.78. The van der Waals surface area contributed by atoms with E-state index in [4.69, 9.17) is 10.00 Å². The molecular formula is C23H15N3O3. The molecule has 140 valence electrons. The molecule has 0 saturated carbocycles. The Morgan fingerprint density at radius 3 is 2.03 bits per heavy atom. The fraction of sp³-hybridized carbons (Fsp3) is 0.0870. The molecule has 3 aromatic carbocycles. The van der Waals surface area contributed by atoms with E-state index in [1.807, 2.05) is 42.5 Å². The van der Waals surface area contributed by atoms with Crippen molar-refractivity contribution >= 4 is 23.5 Å². The first-order valence-corrected chi connectivity index (χ1v) is 8.73. The minimum atomic E-state index is 0.475. The SMILES string of the molecule is N#COc1ccc(Cc2ccc(Cc3ccc(N=C=O)cc3)cc2N=C=O)cc1. The molecule has 0 heterocycles. The number of benzene rings is 3. The van der Waals surface area contributed by atoms with Crippen molar-refractivity contribution in [1.29, 1.82) is 5.26 Å². The van der Waals surface area contributed by atoms with Crippen molar-refractivity contribution in [2.24, 2.45) is 9.98 Å². The van der Waals surface area contributed by atoms with E-state index in [1.54, 1.807) is 36.6 Å². The van der Waals surface area contributed by atoms with Crippen molar-refractivity contribution < 1.29 is 14.3 Å². The third-order valence-corrected chi connectivity index (χ3v) is 4.32. The number of hydrogen-bond acceptors (Lipinski definition) is 6. The Morgan fingerprint density at radius 1 is 0.759 bits per heavy atom. The second-order valence-corrected chi connectivity index (χ2v) is 6.23. The molecule has 3 rings (SSSR count). The van der Waals surface area contributed by atoms with Crippen LogP contribution in [0.25, 0.3) is 0 Å². The molecule has 3 aromatic rings. The summed E-state index contributed by atoms with van der Waals surface area (Å²) in [6.07, 6.45) is 5.99. The molecule has 0 atom stereocenters. The number of nitrogens with zero attached hydrogens (tertiary/aromatic N) is 3. The summed E-state index contributed by atoms with van der Waals surface area (Å²) in [5, 5.41) is 8.55. The topological polar surface area (TPSA) is 91.9 Å². The lowest BCUT2D eigenvalue weighted by Crippen LogP contribution is -1.93. The molecule has 0 saturated heterocycles. The molecule has 0 aliphatic carbocycles. The molecule has 0 aliphatic heterocycles. The van der Waals surface area contributed by atoms with Gasteiger partial charge in [-0.15, -0.1) is 5.26 Å². The van der Waals surface area contributed by atoms with E-state index in [0.717, 1.165) is 22.3 Å². The Balaban J connectivity index is 1.80. The van der Waals surface area contributed by atoms with Crippen LogP contribution in [0.2, 0.25) is 0 Å². The maximum atomic E-state index is 10.9. The third-order valence-electron chi connectivity index (χ3n) is 4.32. The van der Waals surface area contributed by atoms with E-state index in [9.17, 15) is 9.59 Å². The maximum absolute atomic E-state index is 10.9. The number of isocyanates is 2. The maximum Gasteiger partial charge on any atom is 0.292 e. The highest BCUT2D eigenvalue weighted by Crippen LogP contribution is 2.26. The van der Waals surface area contributed by atoms with Crippen LogP contribution < -0.4 is 4.74 Å². The zero-order valence-electron chi connectivity index (χ0n) is 15.3. The van der Waals surface area contributed by atoms with E-state index in [2.05, 4.69) is 9.98 Å². The number of rotatable bonds is 7. The Labute approximate surface area is 167 Å². The largest absolute Gasteiger partial charge is 0.388 e. The zero-order valence-corrected chi connectivity index (χ0v) is 15.3. The molecule has 0 fully saturated rings. The minimum absolute atomic E-state index is 0.475. The first-order chi connectivity index (χ1) is 14.2. The summed E-state index contributed by atoms with van der Waals surface area (Å²) >= 11 is 0. The van der Waals surface area contributed by atoms with Gasteiger partial charge in [0.25, 0.3) is 6.26 Å². The molecule has 6 nitrogen and oxygen atoms in total. The van der Waals surface area contributed by atoms with Crippen molar-refractivity contribution in [3.05, 3.63) is 89.0 Å². The Kier molecular flexibility index (Phi) is 6.44. The van der Waals surface area contributed by atoms with Crippen molar-refractivity contribution in [2.75, 3.05) is 0 Å². The summed E-state index contributed by atoms with van der Waals surface area (Å²) in [7, 11) is 0. The Morgan fingerprint density at radius 2 is 1.38 bits per heavy atom. The summed E-state index contributed by atoms with van der Waals surface area (Å²) in [6, 6.07) is 20.2. The normalized spacial score (nSPS) is 9.62. The summed E-state index contributed by atoms with van der Waals surface area (Å²) in [6.45, 7) is 0. The van der Waals surface area contributed by atoms with Crippen molar-refractivity contribution in [3.8, 4) is 12.0 Å². The predicted molar refractivity (Wildman–Crippen MR) is 107 cm³/mol. The molecule has 29 heavy (non-hydrogen) atoms. The lowest BCUT2D eigenvalue weighted by molar-refractivity contribution is 0.507. The average molecular weight is 381 g/mol. The number of aliphatic imine (C=N–C) groups is 2. The second kappa shape index (κ2) is 9.59. The van der Waals surface area contributed by atoms with Gasteiger partial charge in [-0.05, 0) is 65.4 Å². The molecule has 0 bridgehead atoms. The van der Waals surface area contributed by atoms with Crippen molar-refractivity contribution in [2.45, 2.75) is 12.8 Å². The van der Waals surface area contributed by atoms with Crippen LogP contribution in [-0.2, 0) is 22.4 Å². The van der Waals surface area contributed by atoms with E-state index in [-0.39, 0.29) is 0 Å². The van der Waals surface area contributed by atoms with Crippen LogP contribution in [-0.4, -0.2) is 12.2 Å². The fourth-order valence-corrected chi connectivity index (χ4v) is 2.95. The summed E-state index contributed by atoms with van der Waals surface area (Å²) in [4.78, 5) is 28.6. The van der Waals surface area contributed by atoms with Gasteiger partial charge >= 0.3 is 0 Å². The molecule has 0 aliphatic rings. The number of hydrogen-bond donors (Lipinski definition) is 0. The first kappa shape index (κ1) is 19.5. The van der Waals surface area contributed by atoms with Gasteiger partial charge in [0.1, 0.15) is 5.75 Å². The van der Waals surface area contributed by atoms with Crippen molar-refractivity contribution in [1.82, 2.24) is 0 Å². The smallest absolute Gasteiger partial charge is 0.292 e. The van der Waals surface area contributed by atoms with Crippen LogP contribution in [0, 0.1) is 11.5 Å². The van der Waals surface area contributed by atoms with E-state index in [1.165, 1.54) is 6.08 Å². The molecule has 0 N–H and O–H groups in total. The molecule has 0 unspecified atom stereocenters. The Bertz CT molecular complexity index is 1130. The highest BCUT2D eigenvalue weighted by atomic mass is 16.5. The van der Waals surface area contributed by atoms with Crippen LogP contribution >= 0.6 is 0 Å². The first-order valence-electron chi connectivity index (χ1n) is 8.73. The monoisotopic (exact) mass is 381 g/mol. The lowest BCUT2D eigenvalue weighted by atomic mass is 9.98. The van der Waals surface area contributed by atoms with Crippen LogP contribution in [0.1, 0.15) is 22.3 Å². The highest BCUT2D eigenvalue weighted by molar-refractivity contribution is 5.57. The van der Waals surface area contributed by atoms with Gasteiger partial charge in [-0.1, -0.05) is 36.4 Å². The number of nitriles is 1. The predicted octanol–water partition coefficient (Wildman–Crippen LogP) is 4.66. The average Bonchev–Trinajstić information content (AvgIpc) is 2.73. The van der Waals surface area contributed by atoms with Crippen LogP contribution in [0.15, 0.2) is 76.7 Å². The van der Waals surface area contributed by atoms with Gasteiger partial charge in [0.05, 0.1) is 11.4 Å². The van der Waals surface area contributed by atoms with Gasteiger partial charge in [0, 0.05) is 0 Å². The molecule has 0 spiro atoms. The van der Waals surface area contributed by atoms with Gasteiger partial charge in [-0.2, -0.15) is 9.98 Å². The van der Waals surface area contributed by atoms with Gasteiger partial charge in [0.15, 0.2) is 0 Å². The zero-order chi connectivity index (χ0) is 20.5. The van der Waals surface area contributed by atoms with E-state index >= 15 is 0 Å². The molecule has 0 aromatic heterocycles. The third kappa shape index (κ3) is 5.35. The second-order valence-electron chi connectivity index (χ2n) is 6.23. The molecule has 0 amide bonds. The highest BCUT2D eigenvalue weighted by Gasteiger charge is 2.07. The van der Waals surface area contributed by atoms with Gasteiger partial charge in [0.2, 0.25) is 12.2 Å². The van der Waals surface area contributed by atoms with Gasteiger partial charge in [-0.25, -0.2) is 9.59 Å². The van der Waals surface area contributed by atoms with E-state index < -0.39 is 0 Å². The molecule has 6 heteroatoms. The van der Waals surface area contributed by atoms with Gasteiger partial charge in [-0.3, -0.25) is 0 Å². The fourth-order valence-electron chi connectivity index (χ4n) is 2.95. The Hall–Kier alpha value is -4.29. The molecule has 0 radical (unpaired) electrons. The summed E-state index contributed by atoms with van der Waals surface area (Å²) in [5.74, 6) is 0.475.